The van der Waals surface area contributed by atoms with Crippen molar-refractivity contribution in [2.75, 3.05) is 5.32 Å². The average molecular weight is 370 g/mol. The first kappa shape index (κ1) is 18.9. The molecule has 0 bridgehead atoms. The van der Waals surface area contributed by atoms with E-state index in [-0.39, 0.29) is 17.5 Å². The Balaban J connectivity index is 1.87. The van der Waals surface area contributed by atoms with Crippen LogP contribution in [0.25, 0.3) is 0 Å². The smallest absolute Gasteiger partial charge is 0.263 e. The van der Waals surface area contributed by atoms with E-state index in [4.69, 9.17) is 4.74 Å². The van der Waals surface area contributed by atoms with Crippen molar-refractivity contribution < 1.29 is 18.7 Å². The Bertz CT molecular complexity index is 868. The second-order valence-electron chi connectivity index (χ2n) is 6.74. The number of ether oxygens (including phenoxy) is 1. The van der Waals surface area contributed by atoms with Gasteiger partial charge in [-0.05, 0) is 50.6 Å². The van der Waals surface area contributed by atoms with Crippen LogP contribution in [-0.4, -0.2) is 28.9 Å². The highest BCUT2D eigenvalue weighted by atomic mass is 19.1. The van der Waals surface area contributed by atoms with Crippen molar-refractivity contribution >= 4 is 17.5 Å². The summed E-state index contributed by atoms with van der Waals surface area (Å²) < 4.78 is 19.6. The summed E-state index contributed by atoms with van der Waals surface area (Å²) in [5.74, 6) is -0.538. The number of amides is 2. The molecule has 27 heavy (non-hydrogen) atoms. The lowest BCUT2D eigenvalue weighted by molar-refractivity contribution is -0.139. The predicted molar refractivity (Wildman–Crippen MR) is 101 cm³/mol. The molecule has 0 fully saturated rings. The van der Waals surface area contributed by atoms with Crippen LogP contribution in [0.4, 0.5) is 10.1 Å². The molecule has 2 atom stereocenters. The molecule has 2 amide bonds. The number of halogens is 1. The van der Waals surface area contributed by atoms with E-state index in [2.05, 4.69) is 5.32 Å². The number of carbonyl (C=O) groups is 2. The van der Waals surface area contributed by atoms with E-state index in [0.717, 1.165) is 12.0 Å². The molecule has 0 saturated carbocycles. The van der Waals surface area contributed by atoms with E-state index < -0.39 is 17.8 Å². The molecule has 5 nitrogen and oxygen atoms in total. The monoisotopic (exact) mass is 370 g/mol. The van der Waals surface area contributed by atoms with Crippen molar-refractivity contribution in [3.8, 4) is 5.75 Å². The predicted octanol–water partition coefficient (Wildman–Crippen LogP) is 3.99. The Morgan fingerprint density at radius 3 is 2.78 bits per heavy atom. The number of rotatable bonds is 4. The zero-order chi connectivity index (χ0) is 19.6. The molecule has 6 heteroatoms. The molecule has 0 aromatic heterocycles. The van der Waals surface area contributed by atoms with Crippen LogP contribution in [-0.2, 0) is 11.3 Å². The van der Waals surface area contributed by atoms with Gasteiger partial charge in [-0.25, -0.2) is 4.39 Å². The molecule has 1 heterocycles. The first-order chi connectivity index (χ1) is 12.9. The van der Waals surface area contributed by atoms with Crippen molar-refractivity contribution in [2.24, 2.45) is 0 Å². The SMILES string of the molecule is CCC(C)N1Cc2cc(NC(=O)c3ccccc3F)ccc2OC(C)C1=O. The van der Waals surface area contributed by atoms with E-state index in [1.807, 2.05) is 13.8 Å². The van der Waals surface area contributed by atoms with Crippen molar-refractivity contribution in [1.82, 2.24) is 4.90 Å². The number of hydrogen-bond acceptors (Lipinski definition) is 3. The average Bonchev–Trinajstić information content (AvgIpc) is 2.78. The first-order valence-electron chi connectivity index (χ1n) is 9.06. The van der Waals surface area contributed by atoms with Crippen LogP contribution in [0.1, 0.15) is 43.1 Å². The molecule has 142 valence electrons. The molecule has 0 saturated heterocycles. The fraction of sp³-hybridized carbons (Fsp3) is 0.333. The van der Waals surface area contributed by atoms with Crippen LogP contribution in [0.15, 0.2) is 42.5 Å². The van der Waals surface area contributed by atoms with E-state index in [1.54, 1.807) is 36.1 Å². The molecule has 2 unspecified atom stereocenters. The largest absolute Gasteiger partial charge is 0.481 e. The van der Waals surface area contributed by atoms with Gasteiger partial charge in [0.2, 0.25) is 0 Å². The lowest BCUT2D eigenvalue weighted by atomic mass is 10.1. The van der Waals surface area contributed by atoms with Gasteiger partial charge < -0.3 is 15.0 Å². The third kappa shape index (κ3) is 3.94. The zero-order valence-corrected chi connectivity index (χ0v) is 15.7. The third-order valence-electron chi connectivity index (χ3n) is 4.83. The number of hydrogen-bond donors (Lipinski definition) is 1. The molecule has 0 aliphatic carbocycles. The molecule has 1 aliphatic rings. The van der Waals surface area contributed by atoms with Crippen LogP contribution >= 0.6 is 0 Å². The minimum absolute atomic E-state index is 0.0197. The van der Waals surface area contributed by atoms with Gasteiger partial charge in [-0.15, -0.1) is 0 Å². The lowest BCUT2D eigenvalue weighted by Crippen LogP contribution is -2.42. The van der Waals surface area contributed by atoms with E-state index in [0.29, 0.717) is 18.0 Å². The minimum atomic E-state index is -0.574. The molecule has 1 aliphatic heterocycles. The van der Waals surface area contributed by atoms with Gasteiger partial charge in [0.15, 0.2) is 6.10 Å². The standard InChI is InChI=1S/C21H23FN2O3/c1-4-13(2)24-12-15-11-16(9-10-19(15)27-14(3)21(24)26)23-20(25)17-7-5-6-8-18(17)22/h5-11,13-14H,4,12H2,1-3H3,(H,23,25). The number of anilines is 1. The quantitative estimate of drug-likeness (QED) is 0.885. The number of fused-ring (bicyclic) bond motifs is 1. The third-order valence-corrected chi connectivity index (χ3v) is 4.83. The topological polar surface area (TPSA) is 58.6 Å². The summed E-state index contributed by atoms with van der Waals surface area (Å²) in [6.45, 7) is 6.16. The number of benzene rings is 2. The zero-order valence-electron chi connectivity index (χ0n) is 15.7. The van der Waals surface area contributed by atoms with Crippen molar-refractivity contribution in [1.29, 1.82) is 0 Å². The van der Waals surface area contributed by atoms with E-state index in [1.165, 1.54) is 18.2 Å². The number of nitrogens with one attached hydrogen (secondary N) is 1. The first-order valence-corrected chi connectivity index (χ1v) is 9.06. The molecular weight excluding hydrogens is 347 g/mol. The van der Waals surface area contributed by atoms with Gasteiger partial charge in [-0.2, -0.15) is 0 Å². The summed E-state index contributed by atoms with van der Waals surface area (Å²) >= 11 is 0. The Hall–Kier alpha value is -2.89. The summed E-state index contributed by atoms with van der Waals surface area (Å²) in [6.07, 6.45) is 0.261. The summed E-state index contributed by atoms with van der Waals surface area (Å²) in [6, 6.07) is 11.1. The summed E-state index contributed by atoms with van der Waals surface area (Å²) in [5, 5.41) is 2.71. The number of nitrogens with zero attached hydrogens (tertiary/aromatic N) is 1. The van der Waals surface area contributed by atoms with Crippen LogP contribution in [0.2, 0.25) is 0 Å². The second kappa shape index (κ2) is 7.78. The molecule has 0 spiro atoms. The Kier molecular flexibility index (Phi) is 5.44. The molecule has 1 N–H and O–H groups in total. The number of carbonyl (C=O) groups excluding carboxylic acids is 2. The minimum Gasteiger partial charge on any atom is -0.481 e. The lowest BCUT2D eigenvalue weighted by Gasteiger charge is -2.28. The van der Waals surface area contributed by atoms with Crippen LogP contribution < -0.4 is 10.1 Å². The van der Waals surface area contributed by atoms with Crippen molar-refractivity contribution in [3.63, 3.8) is 0 Å². The Labute approximate surface area is 158 Å². The molecule has 0 radical (unpaired) electrons. The molecule has 2 aromatic carbocycles. The summed E-state index contributed by atoms with van der Waals surface area (Å²) in [5.41, 5.74) is 1.31. The highest BCUT2D eigenvalue weighted by molar-refractivity contribution is 6.04. The van der Waals surface area contributed by atoms with Gasteiger partial charge in [-0.1, -0.05) is 19.1 Å². The highest BCUT2D eigenvalue weighted by Gasteiger charge is 2.30. The fourth-order valence-corrected chi connectivity index (χ4v) is 3.07. The van der Waals surface area contributed by atoms with Gasteiger partial charge in [-0.3, -0.25) is 9.59 Å². The van der Waals surface area contributed by atoms with Gasteiger partial charge in [0.25, 0.3) is 11.8 Å². The molecule has 3 rings (SSSR count). The Morgan fingerprint density at radius 1 is 1.33 bits per heavy atom. The van der Waals surface area contributed by atoms with E-state index in [9.17, 15) is 14.0 Å². The summed E-state index contributed by atoms with van der Waals surface area (Å²) in [7, 11) is 0. The maximum Gasteiger partial charge on any atom is 0.263 e. The highest BCUT2D eigenvalue weighted by Crippen LogP contribution is 2.30. The van der Waals surface area contributed by atoms with Gasteiger partial charge in [0.1, 0.15) is 11.6 Å². The van der Waals surface area contributed by atoms with Gasteiger partial charge in [0, 0.05) is 23.8 Å². The second-order valence-corrected chi connectivity index (χ2v) is 6.74. The normalized spacial score (nSPS) is 17.6. The van der Waals surface area contributed by atoms with Crippen LogP contribution in [0.5, 0.6) is 5.75 Å². The maximum atomic E-state index is 13.8. The van der Waals surface area contributed by atoms with Gasteiger partial charge in [0.05, 0.1) is 5.56 Å². The van der Waals surface area contributed by atoms with Crippen molar-refractivity contribution in [2.45, 2.75) is 45.9 Å². The van der Waals surface area contributed by atoms with Crippen LogP contribution in [0, 0.1) is 5.82 Å². The fourth-order valence-electron chi connectivity index (χ4n) is 3.07. The molecular formula is C21H23FN2O3. The summed E-state index contributed by atoms with van der Waals surface area (Å²) in [4.78, 5) is 26.7. The van der Waals surface area contributed by atoms with E-state index >= 15 is 0 Å². The van der Waals surface area contributed by atoms with Crippen LogP contribution in [0.3, 0.4) is 0 Å². The molecule has 2 aromatic rings. The van der Waals surface area contributed by atoms with Crippen molar-refractivity contribution in [3.05, 3.63) is 59.4 Å². The maximum absolute atomic E-state index is 13.8. The Morgan fingerprint density at radius 2 is 2.07 bits per heavy atom. The van der Waals surface area contributed by atoms with Gasteiger partial charge >= 0.3 is 0 Å².